The average molecular weight is 409 g/mol. The largest absolute Gasteiger partial charge is 0.395 e. The van der Waals surface area contributed by atoms with Crippen molar-refractivity contribution in [1.29, 1.82) is 5.26 Å². The topological polar surface area (TPSA) is 81.4 Å². The van der Waals surface area contributed by atoms with E-state index >= 15 is 0 Å². The molecule has 1 N–H and O–H groups in total. The minimum atomic E-state index is -3.87. The van der Waals surface area contributed by atoms with Crippen molar-refractivity contribution < 1.29 is 13.5 Å². The highest BCUT2D eigenvalue weighted by molar-refractivity contribution is 7.89. The molecule has 2 aliphatic rings. The van der Waals surface area contributed by atoms with Gasteiger partial charge in [-0.15, -0.1) is 0 Å². The second-order valence-corrected chi connectivity index (χ2v) is 9.40. The molecule has 0 saturated carbocycles. The molecule has 4 rings (SSSR count). The Kier molecular flexibility index (Phi) is 5.55. The van der Waals surface area contributed by atoms with E-state index in [0.717, 1.165) is 30.4 Å². The summed E-state index contributed by atoms with van der Waals surface area (Å²) < 4.78 is 27.5. The number of sulfonamides is 1. The van der Waals surface area contributed by atoms with Crippen LogP contribution in [0.2, 0.25) is 0 Å². The Morgan fingerprint density at radius 3 is 2.45 bits per heavy atom. The third kappa shape index (κ3) is 3.40. The molecule has 3 atom stereocenters. The predicted molar refractivity (Wildman–Crippen MR) is 111 cm³/mol. The van der Waals surface area contributed by atoms with E-state index in [0.29, 0.717) is 0 Å². The number of rotatable bonds is 5. The van der Waals surface area contributed by atoms with Gasteiger partial charge in [-0.05, 0) is 54.5 Å². The second kappa shape index (κ2) is 8.11. The van der Waals surface area contributed by atoms with Crippen LogP contribution in [-0.2, 0) is 10.0 Å². The van der Waals surface area contributed by atoms with Crippen LogP contribution in [0.3, 0.4) is 0 Å². The van der Waals surface area contributed by atoms with Gasteiger partial charge in [0.25, 0.3) is 0 Å². The first-order valence-corrected chi connectivity index (χ1v) is 11.4. The average Bonchev–Trinajstić information content (AvgIpc) is 2.75. The molecule has 29 heavy (non-hydrogen) atoms. The molecule has 1 aliphatic heterocycles. The Morgan fingerprint density at radius 2 is 1.79 bits per heavy atom. The smallest absolute Gasteiger partial charge is 0.244 e. The summed E-state index contributed by atoms with van der Waals surface area (Å²) in [5.41, 5.74) is 3.28. The van der Waals surface area contributed by atoms with Gasteiger partial charge in [0.15, 0.2) is 0 Å². The fraction of sp³-hybridized carbons (Fsp3) is 0.348. The van der Waals surface area contributed by atoms with E-state index in [1.165, 1.54) is 28.4 Å². The lowest BCUT2D eigenvalue weighted by molar-refractivity contribution is 0.0555. The van der Waals surface area contributed by atoms with Crippen molar-refractivity contribution in [3.8, 4) is 6.07 Å². The SMILES string of the molecule is N#C[C@H]1[C@@H](c2ccccc2C2=CCCCC2)[C@H](CO)N1S(=O)(=O)c1ccccc1. The fourth-order valence-electron chi connectivity index (χ4n) is 4.55. The highest BCUT2D eigenvalue weighted by atomic mass is 32.2. The van der Waals surface area contributed by atoms with E-state index in [4.69, 9.17) is 0 Å². The standard InChI is InChI=1S/C23H24N2O3S/c24-15-21-23(20-14-8-7-13-19(20)17-9-3-1-4-10-17)22(16-26)25(21)29(27,28)18-11-5-2-6-12-18/h2,5-9,11-14,21-23,26H,1,3-4,10,16H2/t21-,22-,23+/m0/s1. The summed E-state index contributed by atoms with van der Waals surface area (Å²) in [4.78, 5) is 0.139. The summed E-state index contributed by atoms with van der Waals surface area (Å²) in [7, 11) is -3.87. The number of hydrogen-bond donors (Lipinski definition) is 1. The van der Waals surface area contributed by atoms with Crippen molar-refractivity contribution >= 4 is 15.6 Å². The van der Waals surface area contributed by atoms with Gasteiger partial charge in [0.2, 0.25) is 10.0 Å². The zero-order valence-electron chi connectivity index (χ0n) is 16.1. The highest BCUT2D eigenvalue weighted by Crippen LogP contribution is 2.46. The molecule has 1 saturated heterocycles. The molecule has 0 unspecified atom stereocenters. The number of aliphatic hydroxyl groups excluding tert-OH is 1. The Hall–Kier alpha value is -2.46. The highest BCUT2D eigenvalue weighted by Gasteiger charge is 2.55. The number of benzene rings is 2. The molecule has 1 fully saturated rings. The summed E-state index contributed by atoms with van der Waals surface area (Å²) in [5.74, 6) is -0.359. The van der Waals surface area contributed by atoms with Crippen LogP contribution in [0, 0.1) is 11.3 Å². The molecular weight excluding hydrogens is 384 g/mol. The van der Waals surface area contributed by atoms with Gasteiger partial charge in [0.05, 0.1) is 23.6 Å². The Balaban J connectivity index is 1.74. The van der Waals surface area contributed by atoms with Gasteiger partial charge in [0.1, 0.15) is 6.04 Å². The molecule has 5 nitrogen and oxygen atoms in total. The van der Waals surface area contributed by atoms with Gasteiger partial charge < -0.3 is 5.11 Å². The first-order chi connectivity index (χ1) is 14.1. The summed E-state index contributed by atoms with van der Waals surface area (Å²) in [5, 5.41) is 19.9. The van der Waals surface area contributed by atoms with Gasteiger partial charge >= 0.3 is 0 Å². The number of nitrogens with zero attached hydrogens (tertiary/aromatic N) is 2. The molecule has 1 aliphatic carbocycles. The van der Waals surface area contributed by atoms with Crippen molar-refractivity contribution in [2.75, 3.05) is 6.61 Å². The molecule has 0 amide bonds. The molecule has 0 radical (unpaired) electrons. The maximum Gasteiger partial charge on any atom is 0.244 e. The lowest BCUT2D eigenvalue weighted by atomic mass is 9.74. The van der Waals surface area contributed by atoms with Crippen LogP contribution in [0.4, 0.5) is 0 Å². The first kappa shape index (κ1) is 19.8. The van der Waals surface area contributed by atoms with Gasteiger partial charge in [-0.1, -0.05) is 48.5 Å². The molecule has 1 heterocycles. The van der Waals surface area contributed by atoms with Crippen molar-refractivity contribution in [3.05, 3.63) is 71.8 Å². The van der Waals surface area contributed by atoms with Crippen molar-refractivity contribution in [1.82, 2.24) is 4.31 Å². The molecule has 150 valence electrons. The fourth-order valence-corrected chi connectivity index (χ4v) is 6.32. The van der Waals surface area contributed by atoms with Crippen LogP contribution in [0.1, 0.15) is 42.7 Å². The monoisotopic (exact) mass is 408 g/mol. The van der Waals surface area contributed by atoms with Crippen molar-refractivity contribution in [2.24, 2.45) is 0 Å². The number of nitriles is 1. The van der Waals surface area contributed by atoms with Crippen LogP contribution in [0.5, 0.6) is 0 Å². The maximum atomic E-state index is 13.2. The molecule has 0 spiro atoms. The van der Waals surface area contributed by atoms with Gasteiger partial charge in [-0.3, -0.25) is 0 Å². The number of aliphatic hydroxyl groups is 1. The predicted octanol–water partition coefficient (Wildman–Crippen LogP) is 3.69. The quantitative estimate of drug-likeness (QED) is 0.818. The minimum absolute atomic E-state index is 0.139. The summed E-state index contributed by atoms with van der Waals surface area (Å²) >= 11 is 0. The lowest BCUT2D eigenvalue weighted by Crippen LogP contribution is -2.65. The normalized spacial score (nSPS) is 25.0. The van der Waals surface area contributed by atoms with Crippen LogP contribution >= 0.6 is 0 Å². The molecule has 2 aromatic carbocycles. The van der Waals surface area contributed by atoms with E-state index < -0.39 is 22.1 Å². The van der Waals surface area contributed by atoms with E-state index in [-0.39, 0.29) is 17.4 Å². The van der Waals surface area contributed by atoms with Gasteiger partial charge in [-0.2, -0.15) is 9.57 Å². The molecule has 2 aromatic rings. The Bertz CT molecular complexity index is 1060. The maximum absolute atomic E-state index is 13.2. The number of allylic oxidation sites excluding steroid dienone is 2. The number of hydrogen-bond acceptors (Lipinski definition) is 4. The zero-order valence-corrected chi connectivity index (χ0v) is 16.9. The van der Waals surface area contributed by atoms with Crippen molar-refractivity contribution in [2.45, 2.75) is 48.6 Å². The van der Waals surface area contributed by atoms with E-state index in [2.05, 4.69) is 12.1 Å². The summed E-state index contributed by atoms with van der Waals surface area (Å²) in [6.07, 6.45) is 6.57. The molecular formula is C23H24N2O3S. The molecule has 0 aromatic heterocycles. The van der Waals surface area contributed by atoms with Crippen molar-refractivity contribution in [3.63, 3.8) is 0 Å². The molecule has 0 bridgehead atoms. The van der Waals surface area contributed by atoms with Gasteiger partial charge in [-0.25, -0.2) is 8.42 Å². The van der Waals surface area contributed by atoms with Gasteiger partial charge in [0, 0.05) is 5.92 Å². The van der Waals surface area contributed by atoms with Crippen LogP contribution in [0.25, 0.3) is 5.57 Å². The second-order valence-electron chi connectivity index (χ2n) is 7.56. The Labute approximate surface area is 172 Å². The van der Waals surface area contributed by atoms with Crippen LogP contribution in [-0.4, -0.2) is 36.5 Å². The van der Waals surface area contributed by atoms with E-state index in [1.807, 2.05) is 24.3 Å². The van der Waals surface area contributed by atoms with E-state index in [9.17, 15) is 18.8 Å². The minimum Gasteiger partial charge on any atom is -0.395 e. The van der Waals surface area contributed by atoms with Crippen LogP contribution < -0.4 is 0 Å². The lowest BCUT2D eigenvalue weighted by Gasteiger charge is -2.50. The van der Waals surface area contributed by atoms with Crippen LogP contribution in [0.15, 0.2) is 65.6 Å². The Morgan fingerprint density at radius 1 is 1.07 bits per heavy atom. The van der Waals surface area contributed by atoms with E-state index in [1.54, 1.807) is 18.2 Å². The molecule has 6 heteroatoms. The first-order valence-electron chi connectivity index (χ1n) is 9.97. The zero-order chi connectivity index (χ0) is 20.4. The summed E-state index contributed by atoms with van der Waals surface area (Å²) in [6, 6.07) is 16.7. The third-order valence-electron chi connectivity index (χ3n) is 5.95. The third-order valence-corrected chi connectivity index (χ3v) is 7.87. The summed E-state index contributed by atoms with van der Waals surface area (Å²) in [6.45, 7) is -0.331.